The molecule has 1 saturated carbocycles. The topological polar surface area (TPSA) is 88.3 Å². The highest BCUT2D eigenvalue weighted by Gasteiger charge is 2.29. The number of rotatable bonds is 4. The number of nitrogens with one attached hydrogen (secondary N) is 2. The van der Waals surface area contributed by atoms with Gasteiger partial charge in [-0.25, -0.2) is 13.1 Å². The van der Waals surface area contributed by atoms with Gasteiger partial charge in [-0.15, -0.1) is 0 Å². The number of pyridine rings is 1. The molecule has 2 atom stereocenters. The molecule has 1 aliphatic rings. The van der Waals surface area contributed by atoms with Gasteiger partial charge in [0.15, 0.2) is 0 Å². The molecule has 0 radical (unpaired) electrons. The minimum atomic E-state index is -3.76. The monoisotopic (exact) mass is 272 g/mol. The highest BCUT2D eigenvalue weighted by molar-refractivity contribution is 7.89. The molecule has 0 saturated heterocycles. The minimum Gasteiger partial charge on any atom is -0.381 e. The Hall–Kier alpha value is -1.18. The summed E-state index contributed by atoms with van der Waals surface area (Å²) in [5.74, 6) is 0. The van der Waals surface area contributed by atoms with Crippen LogP contribution in [0.15, 0.2) is 28.2 Å². The van der Waals surface area contributed by atoms with Gasteiger partial charge in [-0.05, 0) is 19.3 Å². The third-order valence-corrected chi connectivity index (χ3v) is 4.66. The molecule has 0 spiro atoms. The summed E-state index contributed by atoms with van der Waals surface area (Å²) < 4.78 is 31.8. The Labute approximate surface area is 105 Å². The van der Waals surface area contributed by atoms with E-state index in [-0.39, 0.29) is 17.0 Å². The van der Waals surface area contributed by atoms with Gasteiger partial charge in [-0.3, -0.25) is 4.79 Å². The van der Waals surface area contributed by atoms with Crippen molar-refractivity contribution < 1.29 is 13.2 Å². The van der Waals surface area contributed by atoms with Gasteiger partial charge in [0.2, 0.25) is 15.5 Å². The van der Waals surface area contributed by atoms with Crippen molar-refractivity contribution in [1.82, 2.24) is 9.71 Å². The fourth-order valence-corrected chi connectivity index (χ4v) is 3.49. The van der Waals surface area contributed by atoms with Crippen LogP contribution in [0.1, 0.15) is 19.3 Å². The summed E-state index contributed by atoms with van der Waals surface area (Å²) in [6.07, 6.45) is 4.88. The fraction of sp³-hybridized carbons (Fsp3) is 0.545. The van der Waals surface area contributed by atoms with Crippen LogP contribution in [-0.2, 0) is 14.8 Å². The summed E-state index contributed by atoms with van der Waals surface area (Å²) in [7, 11) is -2.14. The molecule has 0 aromatic carbocycles. The van der Waals surface area contributed by atoms with Crippen LogP contribution in [0.25, 0.3) is 0 Å². The van der Waals surface area contributed by atoms with Crippen LogP contribution >= 0.6 is 0 Å². The summed E-state index contributed by atoms with van der Waals surface area (Å²) in [6, 6.07) is 1.03. The standard InChI is InChI=1S/C11H16N2O4S/c1-17-9-3-2-8(6-9)13-18(15,16)11-7-12-5-4-10(11)14/h4-5,7-9,13H,2-3,6H2,1H3,(H,12,14). The second-order valence-electron chi connectivity index (χ2n) is 4.36. The Morgan fingerprint density at radius 2 is 2.22 bits per heavy atom. The SMILES string of the molecule is COC1CCC(NS(=O)(=O)c2c[nH]ccc2=O)C1. The average molecular weight is 272 g/mol. The molecule has 1 aromatic heterocycles. The van der Waals surface area contributed by atoms with Crippen LogP contribution < -0.4 is 10.2 Å². The molecule has 18 heavy (non-hydrogen) atoms. The average Bonchev–Trinajstić information content (AvgIpc) is 2.76. The van der Waals surface area contributed by atoms with Gasteiger partial charge in [0.1, 0.15) is 4.90 Å². The normalized spacial score (nSPS) is 24.3. The third kappa shape index (κ3) is 2.80. The highest BCUT2D eigenvalue weighted by Crippen LogP contribution is 2.22. The second-order valence-corrected chi connectivity index (χ2v) is 6.04. The molecule has 1 fully saturated rings. The van der Waals surface area contributed by atoms with Crippen molar-refractivity contribution in [2.45, 2.75) is 36.3 Å². The lowest BCUT2D eigenvalue weighted by molar-refractivity contribution is 0.107. The molecule has 2 N–H and O–H groups in total. The predicted octanol–water partition coefficient (Wildman–Crippen LogP) is 0.221. The van der Waals surface area contributed by atoms with E-state index >= 15 is 0 Å². The Morgan fingerprint density at radius 3 is 2.83 bits per heavy atom. The highest BCUT2D eigenvalue weighted by atomic mass is 32.2. The molecule has 0 aliphatic heterocycles. The molecule has 7 heteroatoms. The summed E-state index contributed by atoms with van der Waals surface area (Å²) in [5.41, 5.74) is -0.512. The van der Waals surface area contributed by atoms with Crippen molar-refractivity contribution in [2.24, 2.45) is 0 Å². The Kier molecular flexibility index (Phi) is 3.84. The van der Waals surface area contributed by atoms with Crippen molar-refractivity contribution >= 4 is 10.0 Å². The molecular weight excluding hydrogens is 256 g/mol. The molecule has 0 amide bonds. The molecular formula is C11H16N2O4S. The van der Waals surface area contributed by atoms with E-state index in [1.807, 2.05) is 0 Å². The molecule has 0 bridgehead atoms. The lowest BCUT2D eigenvalue weighted by Crippen LogP contribution is -2.35. The molecule has 6 nitrogen and oxygen atoms in total. The van der Waals surface area contributed by atoms with Gasteiger partial charge in [0.25, 0.3) is 0 Å². The van der Waals surface area contributed by atoms with Gasteiger partial charge in [-0.2, -0.15) is 0 Å². The number of aromatic nitrogens is 1. The minimum absolute atomic E-state index is 0.0896. The molecule has 2 rings (SSSR count). The van der Waals surface area contributed by atoms with E-state index < -0.39 is 15.5 Å². The Morgan fingerprint density at radius 1 is 1.44 bits per heavy atom. The lowest BCUT2D eigenvalue weighted by atomic mass is 10.3. The van der Waals surface area contributed by atoms with Crippen LogP contribution in [-0.4, -0.2) is 32.7 Å². The first-order valence-electron chi connectivity index (χ1n) is 5.75. The molecule has 1 aromatic rings. The van der Waals surface area contributed by atoms with Crippen LogP contribution in [0.2, 0.25) is 0 Å². The molecule has 100 valence electrons. The first-order valence-corrected chi connectivity index (χ1v) is 7.23. The second kappa shape index (κ2) is 5.21. The number of ether oxygens (including phenoxy) is 1. The van der Waals surface area contributed by atoms with Crippen molar-refractivity contribution in [3.05, 3.63) is 28.7 Å². The van der Waals surface area contributed by atoms with E-state index in [4.69, 9.17) is 4.74 Å². The van der Waals surface area contributed by atoms with Gasteiger partial charge in [0, 0.05) is 31.6 Å². The number of methoxy groups -OCH3 is 1. The van der Waals surface area contributed by atoms with Crippen LogP contribution in [0.4, 0.5) is 0 Å². The maximum Gasteiger partial charge on any atom is 0.246 e. The smallest absolute Gasteiger partial charge is 0.246 e. The predicted molar refractivity (Wildman–Crippen MR) is 65.8 cm³/mol. The Balaban J connectivity index is 2.14. The zero-order valence-corrected chi connectivity index (χ0v) is 10.9. The number of sulfonamides is 1. The van der Waals surface area contributed by atoms with Crippen LogP contribution in [0.3, 0.4) is 0 Å². The zero-order chi connectivity index (χ0) is 13.2. The van der Waals surface area contributed by atoms with Crippen LogP contribution in [0, 0.1) is 0 Å². The first kappa shape index (κ1) is 13.3. The maximum absolute atomic E-state index is 12.0. The summed E-state index contributed by atoms with van der Waals surface area (Å²) in [5, 5.41) is 0. The third-order valence-electron chi connectivity index (χ3n) is 3.12. The first-order chi connectivity index (χ1) is 8.53. The Bertz CT molecular complexity index is 566. The van der Waals surface area contributed by atoms with Crippen LogP contribution in [0.5, 0.6) is 0 Å². The van der Waals surface area contributed by atoms with E-state index in [9.17, 15) is 13.2 Å². The van der Waals surface area contributed by atoms with Gasteiger partial charge in [-0.1, -0.05) is 0 Å². The van der Waals surface area contributed by atoms with E-state index in [1.54, 1.807) is 7.11 Å². The van der Waals surface area contributed by atoms with Gasteiger partial charge >= 0.3 is 0 Å². The molecule has 1 aliphatic carbocycles. The van der Waals surface area contributed by atoms with Crippen molar-refractivity contribution in [2.75, 3.05) is 7.11 Å². The summed E-state index contributed by atoms with van der Waals surface area (Å²) in [4.78, 5) is 13.9. The van der Waals surface area contributed by atoms with Gasteiger partial charge in [0.05, 0.1) is 6.10 Å². The van der Waals surface area contributed by atoms with Gasteiger partial charge < -0.3 is 9.72 Å². The number of hydrogen-bond donors (Lipinski definition) is 2. The van der Waals surface area contributed by atoms with E-state index in [1.165, 1.54) is 18.5 Å². The summed E-state index contributed by atoms with van der Waals surface area (Å²) in [6.45, 7) is 0. The largest absolute Gasteiger partial charge is 0.381 e. The van der Waals surface area contributed by atoms with E-state index in [2.05, 4.69) is 9.71 Å². The maximum atomic E-state index is 12.0. The fourth-order valence-electron chi connectivity index (χ4n) is 2.15. The summed E-state index contributed by atoms with van der Waals surface area (Å²) >= 11 is 0. The van der Waals surface area contributed by atoms with Crippen molar-refractivity contribution in [3.8, 4) is 0 Å². The number of hydrogen-bond acceptors (Lipinski definition) is 4. The number of H-pyrrole nitrogens is 1. The number of aromatic amines is 1. The van der Waals surface area contributed by atoms with Crippen molar-refractivity contribution in [1.29, 1.82) is 0 Å². The molecule has 2 unspecified atom stereocenters. The van der Waals surface area contributed by atoms with E-state index in [0.717, 1.165) is 12.8 Å². The molecule has 1 heterocycles. The van der Waals surface area contributed by atoms with Crippen molar-refractivity contribution in [3.63, 3.8) is 0 Å². The van der Waals surface area contributed by atoms with E-state index in [0.29, 0.717) is 6.42 Å². The zero-order valence-electron chi connectivity index (χ0n) is 10.0. The lowest BCUT2D eigenvalue weighted by Gasteiger charge is -2.12. The quantitative estimate of drug-likeness (QED) is 0.820.